The molecule has 100 valence electrons. The molecule has 0 spiro atoms. The second kappa shape index (κ2) is 4.28. The van der Waals surface area contributed by atoms with E-state index in [0.717, 1.165) is 22.2 Å². The Kier molecular flexibility index (Phi) is 2.42. The van der Waals surface area contributed by atoms with Gasteiger partial charge in [-0.3, -0.25) is 9.59 Å². The van der Waals surface area contributed by atoms with Crippen molar-refractivity contribution in [2.24, 2.45) is 0 Å². The molecule has 0 saturated carbocycles. The Morgan fingerprint density at radius 2 is 1.48 bits per heavy atom. The fourth-order valence-electron chi connectivity index (χ4n) is 2.80. The van der Waals surface area contributed by atoms with E-state index in [1.54, 1.807) is 12.1 Å². The van der Waals surface area contributed by atoms with E-state index in [4.69, 9.17) is 0 Å². The average molecular weight is 273 g/mol. The quantitative estimate of drug-likeness (QED) is 0.638. The van der Waals surface area contributed by atoms with E-state index in [0.29, 0.717) is 5.56 Å². The first-order valence-electron chi connectivity index (χ1n) is 6.72. The van der Waals surface area contributed by atoms with Crippen molar-refractivity contribution in [1.82, 2.24) is 4.57 Å². The van der Waals surface area contributed by atoms with Gasteiger partial charge in [0, 0.05) is 23.4 Å². The van der Waals surface area contributed by atoms with Crippen LogP contribution >= 0.6 is 0 Å². The van der Waals surface area contributed by atoms with E-state index < -0.39 is 11.6 Å². The molecule has 0 radical (unpaired) electrons. The third kappa shape index (κ3) is 1.68. The highest BCUT2D eigenvalue weighted by molar-refractivity contribution is 6.50. The van der Waals surface area contributed by atoms with Crippen LogP contribution in [0.15, 0.2) is 66.9 Å². The summed E-state index contributed by atoms with van der Waals surface area (Å²) in [6.07, 6.45) is 3.35. The van der Waals surface area contributed by atoms with Crippen LogP contribution in [0.3, 0.4) is 0 Å². The number of ketones is 2. The monoisotopic (exact) mass is 273 g/mol. The first-order valence-corrected chi connectivity index (χ1v) is 6.72. The number of benzene rings is 2. The lowest BCUT2D eigenvalue weighted by Gasteiger charge is -2.17. The molecule has 0 unspecified atom stereocenters. The summed E-state index contributed by atoms with van der Waals surface area (Å²) in [4.78, 5) is 24.0. The smallest absolute Gasteiger partial charge is 0.233 e. The third-order valence-electron chi connectivity index (χ3n) is 3.80. The van der Waals surface area contributed by atoms with Crippen molar-refractivity contribution in [3.05, 3.63) is 78.0 Å². The van der Waals surface area contributed by atoms with Gasteiger partial charge in [0.05, 0.1) is 11.2 Å². The number of hydrogen-bond acceptors (Lipinski definition) is 2. The largest absolute Gasteiger partial charge is 0.316 e. The molecule has 0 bridgehead atoms. The normalized spacial score (nSPS) is 14.2. The van der Waals surface area contributed by atoms with Gasteiger partial charge in [0.2, 0.25) is 11.6 Å². The summed E-state index contributed by atoms with van der Waals surface area (Å²) in [7, 11) is 0. The molecule has 1 aromatic heterocycles. The van der Waals surface area contributed by atoms with Gasteiger partial charge in [-0.1, -0.05) is 42.5 Å². The second-order valence-corrected chi connectivity index (χ2v) is 5.01. The molecule has 3 aromatic rings. The van der Waals surface area contributed by atoms with Crippen LogP contribution in [-0.4, -0.2) is 16.1 Å². The number of aromatic nitrogens is 1. The van der Waals surface area contributed by atoms with Gasteiger partial charge in [0.15, 0.2) is 0 Å². The molecule has 2 aromatic carbocycles. The molecule has 0 amide bonds. The van der Waals surface area contributed by atoms with Gasteiger partial charge in [-0.05, 0) is 17.5 Å². The highest BCUT2D eigenvalue weighted by Crippen LogP contribution is 2.29. The van der Waals surface area contributed by atoms with Crippen molar-refractivity contribution >= 4 is 28.2 Å². The molecule has 3 heteroatoms. The molecule has 1 aliphatic carbocycles. The third-order valence-corrected chi connectivity index (χ3v) is 3.80. The predicted molar refractivity (Wildman–Crippen MR) is 81.1 cm³/mol. The Morgan fingerprint density at radius 1 is 0.762 bits per heavy atom. The van der Waals surface area contributed by atoms with Gasteiger partial charge in [-0.25, -0.2) is 0 Å². The van der Waals surface area contributed by atoms with Gasteiger partial charge in [-0.15, -0.1) is 0 Å². The fourth-order valence-corrected chi connectivity index (χ4v) is 2.80. The first kappa shape index (κ1) is 11.9. The van der Waals surface area contributed by atoms with E-state index >= 15 is 0 Å². The molecular weight excluding hydrogens is 262 g/mol. The van der Waals surface area contributed by atoms with Crippen LogP contribution in [0.1, 0.15) is 15.9 Å². The Hall–Kier alpha value is -2.94. The summed E-state index contributed by atoms with van der Waals surface area (Å²) < 4.78 is 1.96. The van der Waals surface area contributed by atoms with Gasteiger partial charge >= 0.3 is 0 Å². The Labute approximate surface area is 121 Å². The van der Waals surface area contributed by atoms with Crippen molar-refractivity contribution in [1.29, 1.82) is 0 Å². The highest BCUT2D eigenvalue weighted by Gasteiger charge is 2.26. The number of rotatable bonds is 1. The number of nitrogens with zero attached hydrogens (tertiary/aromatic N) is 1. The first-order chi connectivity index (χ1) is 10.3. The minimum atomic E-state index is -0.471. The van der Waals surface area contributed by atoms with Crippen molar-refractivity contribution in [2.75, 3.05) is 0 Å². The number of carbonyl (C=O) groups is 2. The molecule has 0 atom stereocenters. The van der Waals surface area contributed by atoms with Gasteiger partial charge in [0.25, 0.3) is 0 Å². The van der Waals surface area contributed by atoms with Crippen LogP contribution < -0.4 is 0 Å². The lowest BCUT2D eigenvalue weighted by atomic mass is 9.92. The number of Topliss-reactive ketones (excluding diaryl/α,β-unsaturated/α-hetero) is 1. The van der Waals surface area contributed by atoms with Crippen LogP contribution in [0, 0.1) is 0 Å². The standard InChI is InChI=1S/C18H11NO2/c20-17-11-16(13-6-2-3-7-14(13)18(17)21)19-10-9-12-5-1-4-8-15(12)19/h1-11H. The van der Waals surface area contributed by atoms with E-state index in [-0.39, 0.29) is 0 Å². The summed E-state index contributed by atoms with van der Waals surface area (Å²) in [6.45, 7) is 0. The van der Waals surface area contributed by atoms with Crippen LogP contribution in [0.4, 0.5) is 0 Å². The number of carbonyl (C=O) groups excluding carboxylic acids is 2. The van der Waals surface area contributed by atoms with Gasteiger partial charge < -0.3 is 4.57 Å². The van der Waals surface area contributed by atoms with Gasteiger partial charge in [0.1, 0.15) is 0 Å². The van der Waals surface area contributed by atoms with E-state index in [9.17, 15) is 9.59 Å². The SMILES string of the molecule is O=C1C=C(n2ccc3ccccc32)c2ccccc2C1=O. The topological polar surface area (TPSA) is 39.1 Å². The van der Waals surface area contributed by atoms with Crippen LogP contribution in [0.5, 0.6) is 0 Å². The molecule has 4 rings (SSSR count). The van der Waals surface area contributed by atoms with Gasteiger partial charge in [-0.2, -0.15) is 0 Å². The Balaban J connectivity index is 2.02. The molecule has 1 aliphatic rings. The fraction of sp³-hybridized carbons (Fsp3) is 0. The molecule has 21 heavy (non-hydrogen) atoms. The number of fused-ring (bicyclic) bond motifs is 2. The Bertz CT molecular complexity index is 931. The minimum absolute atomic E-state index is 0.439. The minimum Gasteiger partial charge on any atom is -0.316 e. The summed E-state index contributed by atoms with van der Waals surface area (Å²) in [5.74, 6) is -0.910. The van der Waals surface area contributed by atoms with Crippen molar-refractivity contribution < 1.29 is 9.59 Å². The maximum absolute atomic E-state index is 12.0. The van der Waals surface area contributed by atoms with Crippen molar-refractivity contribution in [3.63, 3.8) is 0 Å². The molecule has 0 fully saturated rings. The Morgan fingerprint density at radius 3 is 2.33 bits per heavy atom. The summed E-state index contributed by atoms with van der Waals surface area (Å²) in [5.41, 5.74) is 3.03. The second-order valence-electron chi connectivity index (χ2n) is 5.01. The average Bonchev–Trinajstić information content (AvgIpc) is 2.95. The molecular formula is C18H11NO2. The number of hydrogen-bond donors (Lipinski definition) is 0. The molecule has 3 nitrogen and oxygen atoms in total. The number of allylic oxidation sites excluding steroid dienone is 1. The molecule has 0 aliphatic heterocycles. The number of para-hydroxylation sites is 1. The maximum atomic E-state index is 12.0. The van der Waals surface area contributed by atoms with Crippen LogP contribution in [-0.2, 0) is 4.79 Å². The van der Waals surface area contributed by atoms with E-state index in [1.165, 1.54) is 6.08 Å². The highest BCUT2D eigenvalue weighted by atomic mass is 16.2. The van der Waals surface area contributed by atoms with Crippen LogP contribution in [0.25, 0.3) is 16.6 Å². The van der Waals surface area contributed by atoms with Crippen molar-refractivity contribution in [3.8, 4) is 0 Å². The summed E-state index contributed by atoms with van der Waals surface area (Å²) in [5, 5.41) is 1.10. The van der Waals surface area contributed by atoms with Crippen molar-refractivity contribution in [2.45, 2.75) is 0 Å². The van der Waals surface area contributed by atoms with E-state index in [2.05, 4.69) is 0 Å². The zero-order chi connectivity index (χ0) is 14.4. The van der Waals surface area contributed by atoms with E-state index in [1.807, 2.05) is 53.2 Å². The van der Waals surface area contributed by atoms with Crippen LogP contribution in [0.2, 0.25) is 0 Å². The zero-order valence-corrected chi connectivity index (χ0v) is 11.1. The lowest BCUT2D eigenvalue weighted by Crippen LogP contribution is -2.20. The predicted octanol–water partition coefficient (Wildman–Crippen LogP) is 3.30. The summed E-state index contributed by atoms with van der Waals surface area (Å²) in [6, 6.07) is 17.2. The zero-order valence-electron chi connectivity index (χ0n) is 11.1. The molecule has 0 saturated heterocycles. The maximum Gasteiger partial charge on any atom is 0.233 e. The lowest BCUT2D eigenvalue weighted by molar-refractivity contribution is -0.111. The molecule has 0 N–H and O–H groups in total. The molecule has 1 heterocycles. The summed E-state index contributed by atoms with van der Waals surface area (Å²) >= 11 is 0.